The van der Waals surface area contributed by atoms with Gasteiger partial charge in [-0.3, -0.25) is 0 Å². The van der Waals surface area contributed by atoms with E-state index in [4.69, 9.17) is 9.47 Å². The van der Waals surface area contributed by atoms with E-state index in [2.05, 4.69) is 13.0 Å². The van der Waals surface area contributed by atoms with Gasteiger partial charge in [0.15, 0.2) is 6.29 Å². The normalized spacial score (nSPS) is 13.5. The molecule has 0 aliphatic carbocycles. The van der Waals surface area contributed by atoms with Crippen LogP contribution in [0.5, 0.6) is 0 Å². The summed E-state index contributed by atoms with van der Waals surface area (Å²) in [6.07, 6.45) is 17.0. The molecule has 18 heavy (non-hydrogen) atoms. The van der Waals surface area contributed by atoms with Crippen LogP contribution in [0.3, 0.4) is 0 Å². The van der Waals surface area contributed by atoms with E-state index < -0.39 is 0 Å². The Morgan fingerprint density at radius 2 is 1.67 bits per heavy atom. The van der Waals surface area contributed by atoms with Crippen LogP contribution in [0.15, 0.2) is 24.5 Å². The van der Waals surface area contributed by atoms with E-state index in [1.54, 1.807) is 6.26 Å². The van der Waals surface area contributed by atoms with Gasteiger partial charge in [-0.05, 0) is 32.8 Å². The first-order valence-electron chi connectivity index (χ1n) is 7.40. The first-order valence-corrected chi connectivity index (χ1v) is 7.40. The van der Waals surface area contributed by atoms with Gasteiger partial charge in [-0.25, -0.2) is 0 Å². The number of hydrogen-bond donors (Lipinski definition) is 0. The zero-order valence-corrected chi connectivity index (χ0v) is 12.4. The summed E-state index contributed by atoms with van der Waals surface area (Å²) in [6.45, 7) is 6.80. The average molecular weight is 254 g/mol. The van der Waals surface area contributed by atoms with Gasteiger partial charge >= 0.3 is 0 Å². The molecule has 0 saturated heterocycles. The number of ether oxygens (including phenoxy) is 2. The molecule has 0 heterocycles. The smallest absolute Gasteiger partial charge is 0.196 e. The summed E-state index contributed by atoms with van der Waals surface area (Å²) in [5.74, 6) is 0. The molecular weight excluding hydrogens is 224 g/mol. The van der Waals surface area contributed by atoms with Crippen molar-refractivity contribution in [3.8, 4) is 0 Å². The minimum Gasteiger partial charge on any atom is -0.473 e. The quantitative estimate of drug-likeness (QED) is 0.206. The van der Waals surface area contributed by atoms with Crippen molar-refractivity contribution in [2.45, 2.75) is 72.0 Å². The van der Waals surface area contributed by atoms with E-state index in [0.717, 1.165) is 6.42 Å². The predicted octanol–water partition coefficient (Wildman–Crippen LogP) is 5.21. The molecule has 0 aliphatic rings. The Kier molecular flexibility index (Phi) is 13.7. The van der Waals surface area contributed by atoms with Crippen molar-refractivity contribution in [1.82, 2.24) is 0 Å². The highest BCUT2D eigenvalue weighted by molar-refractivity contribution is 4.99. The molecule has 0 spiro atoms. The Morgan fingerprint density at radius 3 is 2.39 bits per heavy atom. The molecule has 2 nitrogen and oxygen atoms in total. The second-order valence-corrected chi connectivity index (χ2v) is 4.47. The molecule has 0 aromatic rings. The number of allylic oxidation sites excluding steroid dienone is 3. The molecule has 0 saturated carbocycles. The summed E-state index contributed by atoms with van der Waals surface area (Å²) in [6, 6.07) is 0. The first-order chi connectivity index (χ1) is 8.81. The second kappa shape index (κ2) is 14.3. The monoisotopic (exact) mass is 254 g/mol. The maximum Gasteiger partial charge on any atom is 0.196 e. The molecule has 1 atom stereocenters. The molecule has 1 unspecified atom stereocenters. The van der Waals surface area contributed by atoms with Gasteiger partial charge in [0.1, 0.15) is 0 Å². The summed E-state index contributed by atoms with van der Waals surface area (Å²) in [5, 5.41) is 0. The molecule has 0 aromatic carbocycles. The lowest BCUT2D eigenvalue weighted by atomic mass is 10.1. The zero-order valence-electron chi connectivity index (χ0n) is 12.4. The molecule has 0 rings (SSSR count). The summed E-state index contributed by atoms with van der Waals surface area (Å²) < 4.78 is 10.5. The van der Waals surface area contributed by atoms with Crippen LogP contribution < -0.4 is 0 Å². The van der Waals surface area contributed by atoms with Crippen LogP contribution in [-0.2, 0) is 9.47 Å². The standard InChI is InChI=1S/C16H30O2/c1-4-6-7-8-9-10-11-12-13-14-15-18-16(3)17-5-2/h12-16H,4-11H2,1-3H3/b13-12+,15-14+. The van der Waals surface area contributed by atoms with Crippen LogP contribution in [0, 0.1) is 0 Å². The van der Waals surface area contributed by atoms with Crippen LogP contribution in [-0.4, -0.2) is 12.9 Å². The van der Waals surface area contributed by atoms with Gasteiger partial charge in [-0.2, -0.15) is 0 Å². The molecule has 0 radical (unpaired) electrons. The molecule has 2 heteroatoms. The van der Waals surface area contributed by atoms with Crippen molar-refractivity contribution >= 4 is 0 Å². The van der Waals surface area contributed by atoms with Gasteiger partial charge in [0.05, 0.1) is 6.26 Å². The SMILES string of the molecule is CCCCCCCC/C=C/C=C/OC(C)OCC. The lowest BCUT2D eigenvalue weighted by Crippen LogP contribution is -2.08. The van der Waals surface area contributed by atoms with Crippen molar-refractivity contribution in [3.63, 3.8) is 0 Å². The predicted molar refractivity (Wildman–Crippen MR) is 78.4 cm³/mol. The Balaban J connectivity index is 3.29. The summed E-state index contributed by atoms with van der Waals surface area (Å²) in [5.41, 5.74) is 0. The Morgan fingerprint density at radius 1 is 0.944 bits per heavy atom. The van der Waals surface area contributed by atoms with Gasteiger partial charge in [0.2, 0.25) is 0 Å². The van der Waals surface area contributed by atoms with Gasteiger partial charge in [0.25, 0.3) is 0 Å². The number of hydrogen-bond acceptors (Lipinski definition) is 2. The van der Waals surface area contributed by atoms with E-state index in [1.807, 2.05) is 26.0 Å². The Hall–Kier alpha value is -0.760. The minimum atomic E-state index is -0.154. The largest absolute Gasteiger partial charge is 0.473 e. The van der Waals surface area contributed by atoms with Crippen LogP contribution in [0.1, 0.15) is 65.7 Å². The summed E-state index contributed by atoms with van der Waals surface area (Å²) in [7, 11) is 0. The topological polar surface area (TPSA) is 18.5 Å². The third kappa shape index (κ3) is 13.3. The fraction of sp³-hybridized carbons (Fsp3) is 0.750. The summed E-state index contributed by atoms with van der Waals surface area (Å²) in [4.78, 5) is 0. The van der Waals surface area contributed by atoms with Crippen molar-refractivity contribution < 1.29 is 9.47 Å². The third-order valence-electron chi connectivity index (χ3n) is 2.72. The second-order valence-electron chi connectivity index (χ2n) is 4.47. The fourth-order valence-corrected chi connectivity index (χ4v) is 1.69. The molecule has 0 aromatic heterocycles. The molecule has 0 bridgehead atoms. The van der Waals surface area contributed by atoms with E-state index in [9.17, 15) is 0 Å². The lowest BCUT2D eigenvalue weighted by Gasteiger charge is -2.09. The minimum absolute atomic E-state index is 0.154. The molecule has 0 fully saturated rings. The average Bonchev–Trinajstić information content (AvgIpc) is 2.36. The summed E-state index contributed by atoms with van der Waals surface area (Å²) >= 11 is 0. The van der Waals surface area contributed by atoms with Crippen LogP contribution in [0.25, 0.3) is 0 Å². The maximum absolute atomic E-state index is 5.30. The van der Waals surface area contributed by atoms with Gasteiger partial charge in [-0.15, -0.1) is 0 Å². The highest BCUT2D eigenvalue weighted by Crippen LogP contribution is 2.07. The van der Waals surface area contributed by atoms with E-state index in [0.29, 0.717) is 6.61 Å². The number of unbranched alkanes of at least 4 members (excludes halogenated alkanes) is 6. The molecule has 0 aliphatic heterocycles. The third-order valence-corrected chi connectivity index (χ3v) is 2.72. The maximum atomic E-state index is 5.30. The molecule has 0 N–H and O–H groups in total. The highest BCUT2D eigenvalue weighted by atomic mass is 16.7. The van der Waals surface area contributed by atoms with E-state index >= 15 is 0 Å². The van der Waals surface area contributed by atoms with Crippen LogP contribution in [0.4, 0.5) is 0 Å². The van der Waals surface area contributed by atoms with Crippen molar-refractivity contribution in [3.05, 3.63) is 24.5 Å². The van der Waals surface area contributed by atoms with Crippen molar-refractivity contribution in [1.29, 1.82) is 0 Å². The van der Waals surface area contributed by atoms with E-state index in [1.165, 1.54) is 38.5 Å². The lowest BCUT2D eigenvalue weighted by molar-refractivity contribution is -0.0881. The highest BCUT2D eigenvalue weighted by Gasteiger charge is 1.94. The van der Waals surface area contributed by atoms with Crippen molar-refractivity contribution in [2.24, 2.45) is 0 Å². The molecule has 0 amide bonds. The Labute approximate surface area is 113 Å². The van der Waals surface area contributed by atoms with Gasteiger partial charge in [0, 0.05) is 6.61 Å². The zero-order chi connectivity index (χ0) is 13.5. The van der Waals surface area contributed by atoms with E-state index in [-0.39, 0.29) is 6.29 Å². The fourth-order valence-electron chi connectivity index (χ4n) is 1.69. The van der Waals surface area contributed by atoms with Gasteiger partial charge in [-0.1, -0.05) is 51.2 Å². The Bertz CT molecular complexity index is 209. The van der Waals surface area contributed by atoms with Crippen molar-refractivity contribution in [2.75, 3.05) is 6.61 Å². The van der Waals surface area contributed by atoms with Gasteiger partial charge < -0.3 is 9.47 Å². The molecule has 106 valence electrons. The van der Waals surface area contributed by atoms with Crippen LogP contribution in [0.2, 0.25) is 0 Å². The van der Waals surface area contributed by atoms with Crippen LogP contribution >= 0.6 is 0 Å². The first kappa shape index (κ1) is 17.2. The number of rotatable bonds is 12. The molecular formula is C16H30O2.